The maximum atomic E-state index is 11.3. The second kappa shape index (κ2) is 3.55. The summed E-state index contributed by atoms with van der Waals surface area (Å²) < 4.78 is 0. The van der Waals surface area contributed by atoms with Crippen LogP contribution in [-0.2, 0) is 4.79 Å². The van der Waals surface area contributed by atoms with Gasteiger partial charge in [0.1, 0.15) is 5.70 Å². The first-order valence-corrected chi connectivity index (χ1v) is 4.35. The molecule has 3 amide bonds. The van der Waals surface area contributed by atoms with Crippen LogP contribution in [0.1, 0.15) is 5.56 Å². The van der Waals surface area contributed by atoms with E-state index in [1.54, 1.807) is 6.08 Å². The maximum absolute atomic E-state index is 11.3. The van der Waals surface area contributed by atoms with Crippen LogP contribution in [0.25, 0.3) is 6.08 Å². The van der Waals surface area contributed by atoms with Crippen molar-refractivity contribution in [2.24, 2.45) is 5.84 Å². The average molecular weight is 203 g/mol. The van der Waals surface area contributed by atoms with Crippen LogP contribution in [0.15, 0.2) is 36.0 Å². The zero-order chi connectivity index (χ0) is 10.8. The largest absolute Gasteiger partial charge is 0.343 e. The number of imide groups is 1. The van der Waals surface area contributed by atoms with Crippen molar-refractivity contribution < 1.29 is 9.59 Å². The predicted molar refractivity (Wildman–Crippen MR) is 54.0 cm³/mol. The molecule has 0 spiro atoms. The Labute approximate surface area is 86.1 Å². The smallest absolute Gasteiger partial charge is 0.271 e. The van der Waals surface area contributed by atoms with Crippen LogP contribution in [0, 0.1) is 0 Å². The lowest BCUT2D eigenvalue weighted by molar-refractivity contribution is -0.116. The van der Waals surface area contributed by atoms with Gasteiger partial charge in [0.25, 0.3) is 5.91 Å². The lowest BCUT2D eigenvalue weighted by Crippen LogP contribution is -2.33. The molecule has 1 heterocycles. The molecule has 1 aliphatic heterocycles. The van der Waals surface area contributed by atoms with E-state index >= 15 is 0 Å². The highest BCUT2D eigenvalue weighted by Crippen LogP contribution is 2.12. The maximum Gasteiger partial charge on any atom is 0.343 e. The van der Waals surface area contributed by atoms with Gasteiger partial charge in [-0.2, -0.15) is 0 Å². The molecule has 2 rings (SSSR count). The van der Waals surface area contributed by atoms with Gasteiger partial charge in [-0.15, -0.1) is 0 Å². The molecule has 5 nitrogen and oxygen atoms in total. The van der Waals surface area contributed by atoms with E-state index < -0.39 is 11.9 Å². The van der Waals surface area contributed by atoms with E-state index in [0.29, 0.717) is 0 Å². The third kappa shape index (κ3) is 1.72. The summed E-state index contributed by atoms with van der Waals surface area (Å²) in [6, 6.07) is 8.56. The summed E-state index contributed by atoms with van der Waals surface area (Å²) in [6.45, 7) is 0. The van der Waals surface area contributed by atoms with Crippen LogP contribution in [0.4, 0.5) is 4.79 Å². The lowest BCUT2D eigenvalue weighted by atomic mass is 10.2. The summed E-state index contributed by atoms with van der Waals surface area (Å²) in [7, 11) is 0. The summed E-state index contributed by atoms with van der Waals surface area (Å²) in [5.41, 5.74) is 0.957. The molecule has 1 aromatic rings. The molecule has 0 bridgehead atoms. The zero-order valence-electron chi connectivity index (χ0n) is 7.81. The van der Waals surface area contributed by atoms with Crippen LogP contribution in [0.5, 0.6) is 0 Å². The highest BCUT2D eigenvalue weighted by atomic mass is 16.2. The van der Waals surface area contributed by atoms with Gasteiger partial charge in [0.15, 0.2) is 0 Å². The number of nitrogens with zero attached hydrogens (tertiary/aromatic N) is 1. The Balaban J connectivity index is 2.35. The molecule has 5 heteroatoms. The Hall–Kier alpha value is -2.14. The normalized spacial score (nSPS) is 18.5. The quantitative estimate of drug-likeness (QED) is 0.301. The number of rotatable bonds is 1. The molecule has 0 saturated carbocycles. The number of benzene rings is 1. The highest BCUT2D eigenvalue weighted by Gasteiger charge is 2.30. The summed E-state index contributed by atoms with van der Waals surface area (Å²) in [4.78, 5) is 22.3. The third-order valence-electron chi connectivity index (χ3n) is 2.03. The minimum atomic E-state index is -0.609. The minimum absolute atomic E-state index is 0.145. The number of hydrazine groups is 1. The van der Waals surface area contributed by atoms with Gasteiger partial charge in [0.2, 0.25) is 0 Å². The molecule has 1 saturated heterocycles. The molecule has 15 heavy (non-hydrogen) atoms. The van der Waals surface area contributed by atoms with Crippen molar-refractivity contribution in [2.75, 3.05) is 0 Å². The van der Waals surface area contributed by atoms with E-state index in [0.717, 1.165) is 10.6 Å². The fourth-order valence-corrected chi connectivity index (χ4v) is 1.28. The van der Waals surface area contributed by atoms with Crippen molar-refractivity contribution in [1.82, 2.24) is 10.3 Å². The van der Waals surface area contributed by atoms with Gasteiger partial charge in [-0.25, -0.2) is 15.6 Å². The highest BCUT2D eigenvalue weighted by molar-refractivity contribution is 6.13. The van der Waals surface area contributed by atoms with E-state index in [1.165, 1.54) is 0 Å². The Morgan fingerprint density at radius 1 is 1.20 bits per heavy atom. The van der Waals surface area contributed by atoms with Crippen molar-refractivity contribution >= 4 is 18.0 Å². The molecule has 0 atom stereocenters. The number of amides is 3. The molecule has 1 aromatic carbocycles. The van der Waals surface area contributed by atoms with E-state index in [-0.39, 0.29) is 5.70 Å². The van der Waals surface area contributed by atoms with Crippen molar-refractivity contribution in [2.45, 2.75) is 0 Å². The fraction of sp³-hybridized carbons (Fsp3) is 0. The molecule has 1 aliphatic rings. The van der Waals surface area contributed by atoms with Crippen LogP contribution < -0.4 is 11.2 Å². The monoisotopic (exact) mass is 203 g/mol. The fourth-order valence-electron chi connectivity index (χ4n) is 1.28. The average Bonchev–Trinajstić information content (AvgIpc) is 2.47. The molecule has 76 valence electrons. The number of carbonyl (C=O) groups excluding carboxylic acids is 2. The minimum Gasteiger partial charge on any atom is -0.271 e. The van der Waals surface area contributed by atoms with Gasteiger partial charge in [-0.05, 0) is 11.6 Å². The van der Waals surface area contributed by atoms with Gasteiger partial charge < -0.3 is 0 Å². The summed E-state index contributed by atoms with van der Waals surface area (Å²) in [5, 5.41) is 2.89. The van der Waals surface area contributed by atoms with Crippen molar-refractivity contribution in [3.63, 3.8) is 0 Å². The van der Waals surface area contributed by atoms with E-state index in [9.17, 15) is 9.59 Å². The first-order chi connectivity index (χ1) is 7.18. The van der Waals surface area contributed by atoms with Gasteiger partial charge in [-0.3, -0.25) is 10.1 Å². The van der Waals surface area contributed by atoms with E-state index in [2.05, 4.69) is 5.32 Å². The number of hydrogen-bond acceptors (Lipinski definition) is 3. The third-order valence-corrected chi connectivity index (χ3v) is 2.03. The molecule has 0 aliphatic carbocycles. The molecular weight excluding hydrogens is 194 g/mol. The van der Waals surface area contributed by atoms with Crippen LogP contribution in [0.3, 0.4) is 0 Å². The standard InChI is InChI=1S/C10H9N3O2/c11-13-8(9(14)12-10(13)15)6-7-4-2-1-3-5-7/h1-6H,11H2,(H,12,14,15)/b8-6-. The van der Waals surface area contributed by atoms with Crippen LogP contribution in [0.2, 0.25) is 0 Å². The number of urea groups is 1. The van der Waals surface area contributed by atoms with Crippen molar-refractivity contribution in [1.29, 1.82) is 0 Å². The molecule has 3 N–H and O–H groups in total. The first kappa shape index (κ1) is 9.42. The lowest BCUT2D eigenvalue weighted by Gasteiger charge is -2.05. The summed E-state index contributed by atoms with van der Waals surface area (Å²) >= 11 is 0. The zero-order valence-corrected chi connectivity index (χ0v) is 7.81. The summed E-state index contributed by atoms with van der Waals surface area (Å²) in [5.74, 6) is 4.91. The Bertz CT molecular complexity index is 439. The second-order valence-electron chi connectivity index (χ2n) is 3.07. The number of hydrogen-bond donors (Lipinski definition) is 2. The van der Waals surface area contributed by atoms with Gasteiger partial charge >= 0.3 is 6.03 Å². The summed E-state index contributed by atoms with van der Waals surface area (Å²) in [6.07, 6.45) is 1.56. The molecule has 1 fully saturated rings. The van der Waals surface area contributed by atoms with E-state index in [4.69, 9.17) is 5.84 Å². The number of nitrogens with two attached hydrogens (primary N) is 1. The molecule has 0 radical (unpaired) electrons. The molecule has 0 aromatic heterocycles. The van der Waals surface area contributed by atoms with Gasteiger partial charge in [0.05, 0.1) is 0 Å². The second-order valence-corrected chi connectivity index (χ2v) is 3.07. The van der Waals surface area contributed by atoms with Crippen molar-refractivity contribution in [3.8, 4) is 0 Å². The van der Waals surface area contributed by atoms with Gasteiger partial charge in [0, 0.05) is 0 Å². The SMILES string of the molecule is NN1C(=O)NC(=O)/C1=C/c1ccccc1. The Kier molecular flexibility index (Phi) is 2.23. The van der Waals surface area contributed by atoms with Crippen molar-refractivity contribution in [3.05, 3.63) is 41.6 Å². The Morgan fingerprint density at radius 3 is 2.40 bits per heavy atom. The van der Waals surface area contributed by atoms with E-state index in [1.807, 2.05) is 30.3 Å². The Morgan fingerprint density at radius 2 is 1.87 bits per heavy atom. The number of carbonyl (C=O) groups is 2. The molecule has 0 unspecified atom stereocenters. The van der Waals surface area contributed by atoms with Crippen LogP contribution in [-0.4, -0.2) is 16.9 Å². The number of nitrogens with one attached hydrogen (secondary N) is 1. The predicted octanol–water partition coefficient (Wildman–Crippen LogP) is 0.453. The first-order valence-electron chi connectivity index (χ1n) is 4.35. The topological polar surface area (TPSA) is 75.4 Å². The van der Waals surface area contributed by atoms with Gasteiger partial charge in [-0.1, -0.05) is 30.3 Å². The van der Waals surface area contributed by atoms with Crippen LogP contribution >= 0.6 is 0 Å². The molecular formula is C10H9N3O2.